The fourth-order valence-corrected chi connectivity index (χ4v) is 3.44. The smallest absolute Gasteiger partial charge is 0.290 e. The lowest BCUT2D eigenvalue weighted by molar-refractivity contribution is -0.115. The van der Waals surface area contributed by atoms with E-state index in [9.17, 15) is 9.59 Å². The highest BCUT2D eigenvalue weighted by atomic mass is 32.2. The summed E-state index contributed by atoms with van der Waals surface area (Å²) in [6.45, 7) is 0.526. The number of amides is 2. The predicted octanol–water partition coefficient (Wildman–Crippen LogP) is 4.18. The average molecular weight is 376 g/mol. The highest BCUT2D eigenvalue weighted by Gasteiger charge is 2.24. The van der Waals surface area contributed by atoms with Crippen LogP contribution in [0.4, 0.5) is 4.79 Å². The van der Waals surface area contributed by atoms with Gasteiger partial charge in [0.1, 0.15) is 5.75 Å². The normalized spacial score (nSPS) is 15.3. The molecule has 1 aliphatic heterocycles. The number of para-hydroxylation sites is 1. The van der Waals surface area contributed by atoms with Gasteiger partial charge >= 0.3 is 0 Å². The summed E-state index contributed by atoms with van der Waals surface area (Å²) in [5.41, 5.74) is 2.81. The lowest BCUT2D eigenvalue weighted by atomic mass is 10.2. The maximum atomic E-state index is 11.6. The monoisotopic (exact) mass is 376 g/mol. The molecule has 1 fully saturated rings. The first-order valence-electron chi connectivity index (χ1n) is 8.50. The minimum atomic E-state index is -0.354. The van der Waals surface area contributed by atoms with Gasteiger partial charge in [0, 0.05) is 17.5 Å². The van der Waals surface area contributed by atoms with Crippen LogP contribution in [0.1, 0.15) is 11.3 Å². The van der Waals surface area contributed by atoms with Gasteiger partial charge < -0.3 is 4.74 Å². The van der Waals surface area contributed by atoms with E-state index in [0.717, 1.165) is 46.1 Å². The number of carbonyl (C=O) groups is 2. The molecule has 1 aliphatic rings. The van der Waals surface area contributed by atoms with E-state index in [4.69, 9.17) is 4.74 Å². The van der Waals surface area contributed by atoms with Crippen LogP contribution in [0.5, 0.6) is 5.75 Å². The molecule has 2 aromatic carbocycles. The molecule has 0 bridgehead atoms. The van der Waals surface area contributed by atoms with E-state index >= 15 is 0 Å². The lowest BCUT2D eigenvalue weighted by Crippen LogP contribution is -2.17. The Morgan fingerprint density at radius 1 is 1.00 bits per heavy atom. The Morgan fingerprint density at radius 2 is 1.81 bits per heavy atom. The summed E-state index contributed by atoms with van der Waals surface area (Å²) >= 11 is 0.908. The Bertz CT molecular complexity index is 1040. The number of nitrogens with zero attached hydrogens (tertiary/aromatic N) is 1. The van der Waals surface area contributed by atoms with Gasteiger partial charge in [-0.3, -0.25) is 19.9 Å². The second kappa shape index (κ2) is 7.63. The van der Waals surface area contributed by atoms with Gasteiger partial charge in [0.25, 0.3) is 11.1 Å². The van der Waals surface area contributed by atoms with Crippen molar-refractivity contribution in [3.8, 4) is 5.75 Å². The summed E-state index contributed by atoms with van der Waals surface area (Å²) in [5.74, 6) is 0.394. The maximum absolute atomic E-state index is 11.6. The molecule has 2 heterocycles. The van der Waals surface area contributed by atoms with Gasteiger partial charge in [-0.25, -0.2) is 0 Å². The number of aromatic nitrogens is 1. The number of carbonyl (C=O) groups excluding carboxylic acids is 2. The molecule has 0 saturated carbocycles. The Kier molecular flexibility index (Phi) is 4.89. The molecule has 27 heavy (non-hydrogen) atoms. The summed E-state index contributed by atoms with van der Waals surface area (Å²) in [7, 11) is 0. The Labute approximate surface area is 160 Å². The molecule has 5 nitrogen and oxygen atoms in total. The van der Waals surface area contributed by atoms with Gasteiger partial charge in [-0.15, -0.1) is 0 Å². The molecule has 6 heteroatoms. The highest BCUT2D eigenvalue weighted by Crippen LogP contribution is 2.26. The number of nitrogens with one attached hydrogen (secondary N) is 1. The molecule has 3 aromatic rings. The van der Waals surface area contributed by atoms with Crippen molar-refractivity contribution in [2.75, 3.05) is 6.61 Å². The molecule has 0 radical (unpaired) electrons. The first-order chi connectivity index (χ1) is 13.2. The predicted molar refractivity (Wildman–Crippen MR) is 106 cm³/mol. The van der Waals surface area contributed by atoms with Crippen molar-refractivity contribution < 1.29 is 14.3 Å². The van der Waals surface area contributed by atoms with Crippen LogP contribution in [-0.4, -0.2) is 22.7 Å². The average Bonchev–Trinajstić information content (AvgIpc) is 3.00. The van der Waals surface area contributed by atoms with Crippen molar-refractivity contribution in [3.63, 3.8) is 0 Å². The first-order valence-corrected chi connectivity index (χ1v) is 9.31. The van der Waals surface area contributed by atoms with Crippen LogP contribution in [0, 0.1) is 0 Å². The van der Waals surface area contributed by atoms with E-state index in [0.29, 0.717) is 11.5 Å². The maximum Gasteiger partial charge on any atom is 0.290 e. The number of hydrogen-bond acceptors (Lipinski definition) is 5. The molecule has 134 valence electrons. The van der Waals surface area contributed by atoms with Gasteiger partial charge in [-0.05, 0) is 47.7 Å². The largest absolute Gasteiger partial charge is 0.493 e. The van der Waals surface area contributed by atoms with Gasteiger partial charge in [-0.2, -0.15) is 0 Å². The minimum absolute atomic E-state index is 0.339. The molecule has 1 N–H and O–H groups in total. The third-order valence-electron chi connectivity index (χ3n) is 4.10. The van der Waals surface area contributed by atoms with Crippen LogP contribution in [0.25, 0.3) is 17.0 Å². The molecular formula is C21H16N2O3S. The Balaban J connectivity index is 1.35. The zero-order valence-electron chi connectivity index (χ0n) is 14.3. The van der Waals surface area contributed by atoms with E-state index in [2.05, 4.69) is 16.4 Å². The Hall–Kier alpha value is -3.12. The number of rotatable bonds is 5. The third kappa shape index (κ3) is 4.17. The number of thioether (sulfide) groups is 1. The number of fused-ring (bicyclic) bond motifs is 1. The molecule has 0 aliphatic carbocycles. The zero-order chi connectivity index (χ0) is 18.6. The fourth-order valence-electron chi connectivity index (χ4n) is 2.75. The molecule has 0 atom stereocenters. The van der Waals surface area contributed by atoms with Crippen molar-refractivity contribution in [1.82, 2.24) is 10.3 Å². The fraction of sp³-hybridized carbons (Fsp3) is 0.0952. The molecule has 1 saturated heterocycles. The van der Waals surface area contributed by atoms with Gasteiger partial charge in [0.15, 0.2) is 0 Å². The number of ether oxygens (including phenoxy) is 1. The summed E-state index contributed by atoms with van der Waals surface area (Å²) in [4.78, 5) is 27.8. The van der Waals surface area contributed by atoms with Crippen molar-refractivity contribution >= 4 is 39.9 Å². The van der Waals surface area contributed by atoms with Gasteiger partial charge in [-0.1, -0.05) is 36.4 Å². The van der Waals surface area contributed by atoms with Crippen molar-refractivity contribution in [3.05, 3.63) is 76.8 Å². The first kappa shape index (κ1) is 17.3. The molecular weight excluding hydrogens is 360 g/mol. The van der Waals surface area contributed by atoms with Crippen LogP contribution in [-0.2, 0) is 11.2 Å². The molecule has 1 aromatic heterocycles. The summed E-state index contributed by atoms with van der Waals surface area (Å²) < 4.78 is 5.79. The standard InChI is InChI=1S/C21H16N2O3S/c24-20-19(27-21(25)23-20)13-14-5-9-17(10-6-14)26-12-11-16-8-7-15-3-1-2-4-18(15)22-16/h1-10,13H,11-12H2,(H,23,24,25)/b19-13-. The molecule has 0 spiro atoms. The molecule has 4 rings (SSSR count). The van der Waals surface area contributed by atoms with E-state index in [1.165, 1.54) is 0 Å². The van der Waals surface area contributed by atoms with Gasteiger partial charge in [0.2, 0.25) is 0 Å². The second-order valence-electron chi connectivity index (χ2n) is 6.02. The van der Waals surface area contributed by atoms with Crippen LogP contribution < -0.4 is 10.1 Å². The molecule has 0 unspecified atom stereocenters. The topological polar surface area (TPSA) is 68.3 Å². The summed E-state index contributed by atoms with van der Waals surface area (Å²) in [6, 6.07) is 19.5. The van der Waals surface area contributed by atoms with Crippen molar-refractivity contribution in [2.45, 2.75) is 6.42 Å². The van der Waals surface area contributed by atoms with Gasteiger partial charge in [0.05, 0.1) is 17.0 Å². The third-order valence-corrected chi connectivity index (χ3v) is 4.91. The lowest BCUT2D eigenvalue weighted by Gasteiger charge is -2.07. The van der Waals surface area contributed by atoms with E-state index in [1.54, 1.807) is 6.08 Å². The van der Waals surface area contributed by atoms with Crippen LogP contribution in [0.15, 0.2) is 65.6 Å². The summed E-state index contributed by atoms with van der Waals surface area (Å²) in [5, 5.41) is 3.03. The van der Waals surface area contributed by atoms with Crippen LogP contribution in [0.3, 0.4) is 0 Å². The number of pyridine rings is 1. The number of benzene rings is 2. The highest BCUT2D eigenvalue weighted by molar-refractivity contribution is 8.18. The van der Waals surface area contributed by atoms with E-state index in [-0.39, 0.29) is 11.1 Å². The summed E-state index contributed by atoms with van der Waals surface area (Å²) in [6.07, 6.45) is 2.41. The van der Waals surface area contributed by atoms with Crippen molar-refractivity contribution in [2.24, 2.45) is 0 Å². The second-order valence-corrected chi connectivity index (χ2v) is 7.03. The number of imide groups is 1. The minimum Gasteiger partial charge on any atom is -0.493 e. The van der Waals surface area contributed by atoms with Crippen LogP contribution >= 0.6 is 11.8 Å². The number of hydrogen-bond donors (Lipinski definition) is 1. The quantitative estimate of drug-likeness (QED) is 0.677. The van der Waals surface area contributed by atoms with Crippen LogP contribution in [0.2, 0.25) is 0 Å². The zero-order valence-corrected chi connectivity index (χ0v) is 15.2. The SMILES string of the molecule is O=C1NC(=O)/C(=C/c2ccc(OCCc3ccc4ccccc4n3)cc2)S1. The van der Waals surface area contributed by atoms with Crippen molar-refractivity contribution in [1.29, 1.82) is 0 Å². The Morgan fingerprint density at radius 3 is 2.59 bits per heavy atom. The van der Waals surface area contributed by atoms with E-state index in [1.807, 2.05) is 54.6 Å². The molecule has 2 amide bonds. The van der Waals surface area contributed by atoms with E-state index < -0.39 is 0 Å².